The standard InChI is InChI=1S/C15H23Cl2N/c1-4-15(5-2,11-18-6-3)10-12-13(16)8-7-9-14(12)17/h7-9,18H,4-6,10-11H2,1-3H3. The Morgan fingerprint density at radius 1 is 1.06 bits per heavy atom. The summed E-state index contributed by atoms with van der Waals surface area (Å²) in [6, 6.07) is 5.75. The van der Waals surface area contributed by atoms with Gasteiger partial charge in [0.15, 0.2) is 0 Å². The van der Waals surface area contributed by atoms with Gasteiger partial charge in [-0.1, -0.05) is 50.0 Å². The molecule has 1 aromatic carbocycles. The van der Waals surface area contributed by atoms with E-state index in [1.54, 1.807) is 0 Å². The minimum absolute atomic E-state index is 0.241. The summed E-state index contributed by atoms with van der Waals surface area (Å²) in [4.78, 5) is 0. The van der Waals surface area contributed by atoms with Gasteiger partial charge < -0.3 is 5.32 Å². The first-order valence-electron chi connectivity index (χ1n) is 6.72. The molecule has 1 nitrogen and oxygen atoms in total. The molecule has 0 unspecified atom stereocenters. The van der Waals surface area contributed by atoms with Crippen LogP contribution in [0, 0.1) is 5.41 Å². The molecule has 102 valence electrons. The Labute approximate surface area is 121 Å². The molecule has 0 radical (unpaired) electrons. The van der Waals surface area contributed by atoms with Crippen molar-refractivity contribution >= 4 is 23.2 Å². The second-order valence-corrected chi connectivity index (χ2v) is 5.68. The first-order chi connectivity index (χ1) is 8.58. The van der Waals surface area contributed by atoms with Crippen LogP contribution in [0.15, 0.2) is 18.2 Å². The molecule has 0 saturated heterocycles. The van der Waals surface area contributed by atoms with Crippen molar-refractivity contribution in [1.29, 1.82) is 0 Å². The Hall–Kier alpha value is -0.240. The lowest BCUT2D eigenvalue weighted by atomic mass is 9.77. The molecular formula is C15H23Cl2N. The summed E-state index contributed by atoms with van der Waals surface area (Å²) in [7, 11) is 0. The van der Waals surface area contributed by atoms with Crippen molar-refractivity contribution in [2.24, 2.45) is 5.41 Å². The van der Waals surface area contributed by atoms with E-state index in [0.717, 1.165) is 48.0 Å². The van der Waals surface area contributed by atoms with Crippen LogP contribution in [0.25, 0.3) is 0 Å². The quantitative estimate of drug-likeness (QED) is 0.748. The summed E-state index contributed by atoms with van der Waals surface area (Å²) in [5.74, 6) is 0. The van der Waals surface area contributed by atoms with Crippen LogP contribution in [0.4, 0.5) is 0 Å². The van der Waals surface area contributed by atoms with Gasteiger partial charge in [-0.25, -0.2) is 0 Å². The number of rotatable bonds is 7. The van der Waals surface area contributed by atoms with Crippen molar-refractivity contribution in [3.8, 4) is 0 Å². The summed E-state index contributed by atoms with van der Waals surface area (Å²) in [5, 5.41) is 5.03. The Bertz CT molecular complexity index is 353. The maximum atomic E-state index is 6.28. The van der Waals surface area contributed by atoms with Crippen LogP contribution in [-0.4, -0.2) is 13.1 Å². The van der Waals surface area contributed by atoms with Crippen molar-refractivity contribution in [2.45, 2.75) is 40.0 Å². The van der Waals surface area contributed by atoms with Gasteiger partial charge in [0.2, 0.25) is 0 Å². The molecule has 0 saturated carbocycles. The van der Waals surface area contributed by atoms with E-state index in [4.69, 9.17) is 23.2 Å². The van der Waals surface area contributed by atoms with Gasteiger partial charge in [0.1, 0.15) is 0 Å². The highest BCUT2D eigenvalue weighted by atomic mass is 35.5. The summed E-state index contributed by atoms with van der Waals surface area (Å²) < 4.78 is 0. The summed E-state index contributed by atoms with van der Waals surface area (Å²) in [6.07, 6.45) is 3.18. The molecule has 0 atom stereocenters. The Morgan fingerprint density at radius 2 is 1.61 bits per heavy atom. The zero-order chi connectivity index (χ0) is 13.6. The average molecular weight is 288 g/mol. The van der Waals surface area contributed by atoms with Gasteiger partial charge in [0.25, 0.3) is 0 Å². The van der Waals surface area contributed by atoms with Crippen LogP contribution in [0.1, 0.15) is 39.2 Å². The molecular weight excluding hydrogens is 265 g/mol. The third-order valence-electron chi connectivity index (χ3n) is 3.86. The van der Waals surface area contributed by atoms with Gasteiger partial charge in [0.05, 0.1) is 0 Å². The molecule has 1 rings (SSSR count). The summed E-state index contributed by atoms with van der Waals surface area (Å²) in [5.41, 5.74) is 1.33. The fourth-order valence-corrected chi connectivity index (χ4v) is 2.81. The molecule has 0 amide bonds. The van der Waals surface area contributed by atoms with E-state index in [-0.39, 0.29) is 5.41 Å². The number of hydrogen-bond donors (Lipinski definition) is 1. The maximum Gasteiger partial charge on any atom is 0.0453 e. The zero-order valence-corrected chi connectivity index (χ0v) is 13.0. The Kier molecular flexibility index (Phi) is 6.48. The normalized spacial score (nSPS) is 11.8. The highest BCUT2D eigenvalue weighted by Crippen LogP contribution is 2.35. The molecule has 18 heavy (non-hydrogen) atoms. The predicted octanol–water partition coefficient (Wildman–Crippen LogP) is 4.95. The largest absolute Gasteiger partial charge is 0.316 e. The highest BCUT2D eigenvalue weighted by Gasteiger charge is 2.27. The van der Waals surface area contributed by atoms with E-state index in [1.807, 2.05) is 18.2 Å². The molecule has 0 spiro atoms. The van der Waals surface area contributed by atoms with Gasteiger partial charge in [0, 0.05) is 16.6 Å². The fraction of sp³-hybridized carbons (Fsp3) is 0.600. The van der Waals surface area contributed by atoms with E-state index in [1.165, 1.54) is 0 Å². The van der Waals surface area contributed by atoms with Gasteiger partial charge in [-0.15, -0.1) is 0 Å². The Balaban J connectivity index is 2.95. The third-order valence-corrected chi connectivity index (χ3v) is 4.57. The molecule has 0 aliphatic carbocycles. The van der Waals surface area contributed by atoms with E-state index >= 15 is 0 Å². The molecule has 0 fully saturated rings. The van der Waals surface area contributed by atoms with Crippen LogP contribution in [0.2, 0.25) is 10.0 Å². The predicted molar refractivity (Wildman–Crippen MR) is 81.7 cm³/mol. The van der Waals surface area contributed by atoms with E-state index in [0.29, 0.717) is 0 Å². The van der Waals surface area contributed by atoms with Crippen molar-refractivity contribution in [3.05, 3.63) is 33.8 Å². The van der Waals surface area contributed by atoms with Gasteiger partial charge in [-0.2, -0.15) is 0 Å². The maximum absolute atomic E-state index is 6.28. The first kappa shape index (κ1) is 15.8. The lowest BCUT2D eigenvalue weighted by Crippen LogP contribution is -2.35. The average Bonchev–Trinajstić information content (AvgIpc) is 2.38. The topological polar surface area (TPSA) is 12.0 Å². The molecule has 0 bridgehead atoms. The number of hydrogen-bond acceptors (Lipinski definition) is 1. The van der Waals surface area contributed by atoms with Crippen LogP contribution in [0.5, 0.6) is 0 Å². The van der Waals surface area contributed by atoms with E-state index in [9.17, 15) is 0 Å². The van der Waals surface area contributed by atoms with Crippen molar-refractivity contribution in [1.82, 2.24) is 5.32 Å². The highest BCUT2D eigenvalue weighted by molar-refractivity contribution is 6.36. The van der Waals surface area contributed by atoms with Crippen molar-refractivity contribution < 1.29 is 0 Å². The van der Waals surface area contributed by atoms with Gasteiger partial charge >= 0.3 is 0 Å². The molecule has 0 aliphatic rings. The third kappa shape index (κ3) is 3.88. The molecule has 1 aromatic rings. The molecule has 0 aromatic heterocycles. The molecule has 1 N–H and O–H groups in total. The second-order valence-electron chi connectivity index (χ2n) is 4.86. The van der Waals surface area contributed by atoms with Crippen LogP contribution in [-0.2, 0) is 6.42 Å². The van der Waals surface area contributed by atoms with Crippen molar-refractivity contribution in [2.75, 3.05) is 13.1 Å². The second kappa shape index (κ2) is 7.37. The van der Waals surface area contributed by atoms with Gasteiger partial charge in [-0.05, 0) is 48.9 Å². The fourth-order valence-electron chi connectivity index (χ4n) is 2.28. The molecule has 0 aliphatic heterocycles. The molecule has 0 heterocycles. The smallest absolute Gasteiger partial charge is 0.0453 e. The van der Waals surface area contributed by atoms with Gasteiger partial charge in [-0.3, -0.25) is 0 Å². The summed E-state index contributed by atoms with van der Waals surface area (Å²) >= 11 is 12.6. The zero-order valence-electron chi connectivity index (χ0n) is 11.5. The number of benzene rings is 1. The van der Waals surface area contributed by atoms with Crippen LogP contribution < -0.4 is 5.32 Å². The SMILES string of the molecule is CCNCC(CC)(CC)Cc1c(Cl)cccc1Cl. The number of halogens is 2. The minimum atomic E-state index is 0.241. The lowest BCUT2D eigenvalue weighted by molar-refractivity contribution is 0.248. The molecule has 3 heteroatoms. The van der Waals surface area contributed by atoms with Crippen LogP contribution in [0.3, 0.4) is 0 Å². The van der Waals surface area contributed by atoms with Crippen molar-refractivity contribution in [3.63, 3.8) is 0 Å². The van der Waals surface area contributed by atoms with E-state index in [2.05, 4.69) is 26.1 Å². The van der Waals surface area contributed by atoms with E-state index < -0.39 is 0 Å². The van der Waals surface area contributed by atoms with Crippen LogP contribution >= 0.6 is 23.2 Å². The lowest BCUT2D eigenvalue weighted by Gasteiger charge is -2.33. The Morgan fingerprint density at radius 3 is 2.06 bits per heavy atom. The number of nitrogens with one attached hydrogen (secondary N) is 1. The summed E-state index contributed by atoms with van der Waals surface area (Å²) in [6.45, 7) is 8.63. The first-order valence-corrected chi connectivity index (χ1v) is 7.47. The monoisotopic (exact) mass is 287 g/mol. The minimum Gasteiger partial charge on any atom is -0.316 e.